The first-order chi connectivity index (χ1) is 39.9. The van der Waals surface area contributed by atoms with Gasteiger partial charge in [-0.25, -0.2) is 0 Å². The lowest BCUT2D eigenvalue weighted by Gasteiger charge is -2.31. The summed E-state index contributed by atoms with van der Waals surface area (Å²) >= 11 is 0. The largest absolute Gasteiger partial charge is 0.370 e. The Kier molecular flexibility index (Phi) is 25.0. The minimum Gasteiger partial charge on any atom is -0.370 e. The number of amides is 9. The Morgan fingerprint density at radius 3 is 1.92 bits per heavy atom. The maximum atomic E-state index is 15.0. The third-order valence-corrected chi connectivity index (χ3v) is 15.4. The molecule has 0 saturated carbocycles. The number of rotatable bonds is 17. The van der Waals surface area contributed by atoms with Crippen molar-refractivity contribution in [2.45, 2.75) is 178 Å². The predicted octanol–water partition coefficient (Wildman–Crippen LogP) is 0.241. The van der Waals surface area contributed by atoms with Gasteiger partial charge in [0.2, 0.25) is 53.2 Å². The second kappa shape index (κ2) is 32.4. The summed E-state index contributed by atoms with van der Waals surface area (Å²) in [6.45, 7) is 4.02. The molecule has 0 radical (unpaired) electrons. The highest BCUT2D eigenvalue weighted by Gasteiger charge is 2.41. The summed E-state index contributed by atoms with van der Waals surface area (Å²) in [5.41, 5.74) is 24.4. The highest BCUT2D eigenvalue weighted by atomic mass is 16.2. The highest BCUT2D eigenvalue weighted by Crippen LogP contribution is 2.24. The fraction of sp³-hybridized carbons (Fsp3) is 0.569. The number of nitrogens with two attached hydrogens (primary N) is 4. The van der Waals surface area contributed by atoms with E-state index in [1.807, 2.05) is 42.5 Å². The number of aliphatic imine (C=N–C) groups is 2. The number of aromatic amines is 1. The fourth-order valence-electron chi connectivity index (χ4n) is 11.0. The Bertz CT molecular complexity index is 2760. The summed E-state index contributed by atoms with van der Waals surface area (Å²) in [5.74, 6) is -5.25. The fourth-order valence-corrected chi connectivity index (χ4v) is 11.0. The molecule has 452 valence electrons. The van der Waals surface area contributed by atoms with Crippen LogP contribution < -0.4 is 60.2 Å². The second-order valence-corrected chi connectivity index (χ2v) is 21.8. The molecule has 8 atom stereocenters. The van der Waals surface area contributed by atoms with E-state index in [0.717, 1.165) is 36.6 Å². The quantitative estimate of drug-likeness (QED) is 0.0490. The van der Waals surface area contributed by atoms with Crippen LogP contribution in [0.4, 0.5) is 0 Å². The lowest BCUT2D eigenvalue weighted by molar-refractivity contribution is -0.143. The molecule has 6 rings (SSSR count). The van der Waals surface area contributed by atoms with Crippen LogP contribution in [0.1, 0.15) is 128 Å². The van der Waals surface area contributed by atoms with Crippen LogP contribution in [0.25, 0.3) is 10.9 Å². The van der Waals surface area contributed by atoms with Gasteiger partial charge in [-0.1, -0.05) is 87.1 Å². The number of para-hydroxylation sites is 1. The maximum Gasteiger partial charge on any atom is 0.246 e. The van der Waals surface area contributed by atoms with Gasteiger partial charge in [-0.15, -0.1) is 0 Å². The molecule has 25 heteroatoms. The summed E-state index contributed by atoms with van der Waals surface area (Å²) in [4.78, 5) is 142. The molecule has 4 heterocycles. The van der Waals surface area contributed by atoms with Gasteiger partial charge in [0.15, 0.2) is 11.9 Å². The molecular weight excluding hydrogens is 1060 g/mol. The Hall–Kier alpha value is -8.25. The lowest BCUT2D eigenvalue weighted by atomic mass is 10.00. The molecule has 0 aliphatic carbocycles. The summed E-state index contributed by atoms with van der Waals surface area (Å²) in [6, 6.07) is 7.78. The van der Waals surface area contributed by atoms with E-state index in [1.54, 1.807) is 18.3 Å². The number of guanidine groups is 2. The number of H-pyrrole nitrogens is 1. The molecule has 0 unspecified atom stereocenters. The van der Waals surface area contributed by atoms with Gasteiger partial charge in [0.05, 0.1) is 0 Å². The third kappa shape index (κ3) is 19.7. The van der Waals surface area contributed by atoms with Crippen LogP contribution in [-0.2, 0) is 56.0 Å². The number of fused-ring (bicyclic) bond motifs is 3. The number of benzene rings is 2. The van der Waals surface area contributed by atoms with Crippen molar-refractivity contribution in [1.29, 1.82) is 0 Å². The van der Waals surface area contributed by atoms with Crippen LogP contribution in [0.2, 0.25) is 0 Å². The van der Waals surface area contributed by atoms with Crippen LogP contribution in [-0.4, -0.2) is 161 Å². The van der Waals surface area contributed by atoms with Crippen molar-refractivity contribution in [2.24, 2.45) is 32.9 Å². The average Bonchev–Trinajstić information content (AvgIpc) is 4.36. The zero-order valence-electron chi connectivity index (χ0n) is 47.9. The third-order valence-electron chi connectivity index (χ3n) is 15.4. The van der Waals surface area contributed by atoms with Gasteiger partial charge in [0.1, 0.15) is 48.3 Å². The van der Waals surface area contributed by atoms with Gasteiger partial charge in [-0.05, 0) is 88.3 Å². The Labute approximate surface area is 484 Å². The number of carbonyl (C=O) groups is 9. The van der Waals surface area contributed by atoms with Crippen LogP contribution in [0, 0.1) is 0 Å². The molecule has 0 bridgehead atoms. The molecule has 3 aromatic rings. The number of hydrogen-bond acceptors (Lipinski definition) is 11. The van der Waals surface area contributed by atoms with Crippen LogP contribution >= 0.6 is 0 Å². The SMILES string of the molecule is CC(=O)N[C@@H](CCCN=C(N)N)C(=O)N[C@@H](Cc1c[nH]c2ccccc12)C(=O)N[C@H]1CCCCCCCCCNC(=O)[C@@H]2CCCN2C(=O)[C@H](CCCN=C(N)N)NC(=O)[C@H](C)NC(=O)[C@@H]2CCCN2C(=O)[C@H](Cc2ccccc2)NC1=O. The molecule has 9 amide bonds. The van der Waals surface area contributed by atoms with Crippen molar-refractivity contribution < 1.29 is 43.2 Å². The normalized spacial score (nSPS) is 22.7. The molecule has 3 aliphatic heterocycles. The number of aromatic nitrogens is 1. The maximum absolute atomic E-state index is 15.0. The van der Waals surface area contributed by atoms with Crippen molar-refractivity contribution in [3.05, 3.63) is 71.9 Å². The van der Waals surface area contributed by atoms with E-state index in [0.29, 0.717) is 75.6 Å². The van der Waals surface area contributed by atoms with Gasteiger partial charge in [0, 0.05) is 69.6 Å². The molecule has 1 aromatic heterocycles. The summed E-state index contributed by atoms with van der Waals surface area (Å²) in [6.07, 6.45) is 9.85. The van der Waals surface area contributed by atoms with Crippen molar-refractivity contribution in [2.75, 3.05) is 32.7 Å². The zero-order valence-corrected chi connectivity index (χ0v) is 47.9. The Balaban J connectivity index is 1.28. The first-order valence-electron chi connectivity index (χ1n) is 29.3. The van der Waals surface area contributed by atoms with Gasteiger partial charge >= 0.3 is 0 Å². The van der Waals surface area contributed by atoms with Gasteiger partial charge in [-0.3, -0.25) is 53.1 Å². The van der Waals surface area contributed by atoms with E-state index in [2.05, 4.69) is 52.2 Å². The monoisotopic (exact) mass is 1150 g/mol. The van der Waals surface area contributed by atoms with Crippen molar-refractivity contribution in [3.8, 4) is 0 Å². The van der Waals surface area contributed by atoms with Crippen molar-refractivity contribution in [3.63, 3.8) is 0 Å². The molecule has 83 heavy (non-hydrogen) atoms. The topological polar surface area (TPSA) is 389 Å². The lowest BCUT2D eigenvalue weighted by Crippen LogP contribution is -2.60. The Morgan fingerprint density at radius 1 is 0.639 bits per heavy atom. The van der Waals surface area contributed by atoms with E-state index in [9.17, 15) is 43.2 Å². The zero-order chi connectivity index (χ0) is 59.8. The smallest absolute Gasteiger partial charge is 0.246 e. The summed E-state index contributed by atoms with van der Waals surface area (Å²) in [7, 11) is 0. The van der Waals surface area contributed by atoms with Crippen LogP contribution in [0.5, 0.6) is 0 Å². The minimum absolute atomic E-state index is 0.00731. The van der Waals surface area contributed by atoms with Crippen LogP contribution in [0.3, 0.4) is 0 Å². The van der Waals surface area contributed by atoms with E-state index >= 15 is 0 Å². The molecule has 25 nitrogen and oxygen atoms in total. The molecule has 3 fully saturated rings. The first kappa shape index (κ1) is 63.9. The standard InChI is InChI=1S/C58H86N16O9/c1-36-49(76)70-44(25-16-30-65-58(61)62)55(82)73-31-17-26-47(73)53(80)63-28-14-7-5-3-4-6-11-23-43(51(78)72-46(33-38-19-9-8-10-20-38)56(83)74-32-18-27-48(74)54(81)67-36)69-52(79)45(34-39-35-66-41-22-13-12-21-40(39)41)71-50(77)42(68-37(2)75)24-15-29-64-57(59)60/h8-10,12-13,19-22,35-36,42-48,66H,3-7,11,14-18,23-34H2,1-2H3,(H,63,80)(H,67,81)(H,68,75)(H,69,79)(H,70,76)(H,71,77)(H,72,78)(H4,59,60,64)(H4,61,62,65)/t36-,42-,43-,44-,45-,46-,47-,48-/m0/s1. The number of nitrogens with one attached hydrogen (secondary N) is 8. The van der Waals surface area contributed by atoms with Gasteiger partial charge < -0.3 is 74.9 Å². The Morgan fingerprint density at radius 2 is 1.24 bits per heavy atom. The predicted molar refractivity (Wildman–Crippen MR) is 314 cm³/mol. The van der Waals surface area contributed by atoms with E-state index in [-0.39, 0.29) is 76.0 Å². The molecular formula is C58H86N16O9. The molecule has 2 aromatic carbocycles. The second-order valence-electron chi connectivity index (χ2n) is 21.8. The van der Waals surface area contributed by atoms with E-state index < -0.39 is 95.6 Å². The van der Waals surface area contributed by atoms with E-state index in [1.165, 1.54) is 23.6 Å². The van der Waals surface area contributed by atoms with Crippen molar-refractivity contribution in [1.82, 2.24) is 52.0 Å². The van der Waals surface area contributed by atoms with Gasteiger partial charge in [-0.2, -0.15) is 0 Å². The molecule has 3 aliphatic rings. The number of nitrogens with zero attached hydrogens (tertiary/aromatic N) is 4. The van der Waals surface area contributed by atoms with E-state index in [4.69, 9.17) is 22.9 Å². The van der Waals surface area contributed by atoms with Crippen molar-refractivity contribution >= 4 is 76.0 Å². The van der Waals surface area contributed by atoms with Gasteiger partial charge in [0.25, 0.3) is 0 Å². The highest BCUT2D eigenvalue weighted by molar-refractivity contribution is 5.99. The molecule has 0 spiro atoms. The minimum atomic E-state index is -1.26. The van der Waals surface area contributed by atoms with Crippen LogP contribution in [0.15, 0.2) is 70.8 Å². The molecule has 16 N–H and O–H groups in total. The number of carbonyl (C=O) groups excluding carboxylic acids is 9. The summed E-state index contributed by atoms with van der Waals surface area (Å²) < 4.78 is 0. The summed E-state index contributed by atoms with van der Waals surface area (Å²) in [5, 5.41) is 20.8. The average molecular weight is 1150 g/mol. The molecule has 3 saturated heterocycles. The number of hydrogen-bond donors (Lipinski definition) is 12. The first-order valence-corrected chi connectivity index (χ1v) is 29.3.